The minimum Gasteiger partial charge on any atom is -0.369 e. The van der Waals surface area contributed by atoms with Gasteiger partial charge in [0.05, 0.1) is 12.4 Å². The maximum Gasteiger partial charge on any atom is 0.147 e. The summed E-state index contributed by atoms with van der Waals surface area (Å²) in [6.07, 6.45) is 11.3. The van der Waals surface area contributed by atoms with Crippen LogP contribution in [0.3, 0.4) is 0 Å². The van der Waals surface area contributed by atoms with Crippen LogP contribution in [0.25, 0.3) is 0 Å². The van der Waals surface area contributed by atoms with Crippen LogP contribution in [-0.2, 0) is 0 Å². The zero-order valence-electron chi connectivity index (χ0n) is 12.2. The second-order valence-electron chi connectivity index (χ2n) is 5.42. The maximum absolute atomic E-state index is 4.59. The lowest BCUT2D eigenvalue weighted by Gasteiger charge is -2.31. The highest BCUT2D eigenvalue weighted by Gasteiger charge is 2.23. The average molecular weight is 262 g/mol. The van der Waals surface area contributed by atoms with Gasteiger partial charge in [-0.1, -0.05) is 33.1 Å². The van der Waals surface area contributed by atoms with Gasteiger partial charge in [0.2, 0.25) is 0 Å². The molecule has 2 N–H and O–H groups in total. The summed E-state index contributed by atoms with van der Waals surface area (Å²) in [5.74, 6) is 2.56. The van der Waals surface area contributed by atoms with Crippen molar-refractivity contribution < 1.29 is 0 Å². The minimum atomic E-state index is 0.564. The highest BCUT2D eigenvalue weighted by Crippen LogP contribution is 2.28. The van der Waals surface area contributed by atoms with Crippen molar-refractivity contribution in [3.63, 3.8) is 0 Å². The quantitative estimate of drug-likeness (QED) is 0.821. The first-order valence-electron chi connectivity index (χ1n) is 7.66. The third-order valence-corrected chi connectivity index (χ3v) is 3.96. The highest BCUT2D eigenvalue weighted by atomic mass is 15.1. The summed E-state index contributed by atoms with van der Waals surface area (Å²) in [5, 5.41) is 6.87. The third kappa shape index (κ3) is 4.08. The van der Waals surface area contributed by atoms with Crippen molar-refractivity contribution in [3.8, 4) is 0 Å². The van der Waals surface area contributed by atoms with Crippen molar-refractivity contribution in [1.29, 1.82) is 0 Å². The van der Waals surface area contributed by atoms with Gasteiger partial charge in [-0.2, -0.15) is 0 Å². The van der Waals surface area contributed by atoms with E-state index >= 15 is 0 Å². The molecule has 0 saturated heterocycles. The molecule has 0 bridgehead atoms. The van der Waals surface area contributed by atoms with Crippen molar-refractivity contribution in [2.75, 3.05) is 17.2 Å². The van der Waals surface area contributed by atoms with E-state index in [1.807, 2.05) is 6.20 Å². The first kappa shape index (κ1) is 14.1. The molecule has 0 aromatic carbocycles. The van der Waals surface area contributed by atoms with E-state index in [0.29, 0.717) is 6.04 Å². The summed E-state index contributed by atoms with van der Waals surface area (Å²) in [6, 6.07) is 0.564. The predicted octanol–water partition coefficient (Wildman–Crippen LogP) is 3.68. The van der Waals surface area contributed by atoms with E-state index in [1.165, 1.54) is 32.1 Å². The molecule has 1 saturated carbocycles. The topological polar surface area (TPSA) is 49.8 Å². The number of aromatic nitrogens is 2. The van der Waals surface area contributed by atoms with Gasteiger partial charge >= 0.3 is 0 Å². The third-order valence-electron chi connectivity index (χ3n) is 3.96. The van der Waals surface area contributed by atoms with E-state index in [1.54, 1.807) is 6.20 Å². The van der Waals surface area contributed by atoms with Crippen molar-refractivity contribution in [2.24, 2.45) is 5.92 Å². The molecule has 1 aromatic rings. The summed E-state index contributed by atoms with van der Waals surface area (Å²) >= 11 is 0. The molecule has 1 aliphatic rings. The van der Waals surface area contributed by atoms with Crippen LogP contribution < -0.4 is 10.6 Å². The first-order valence-corrected chi connectivity index (χ1v) is 7.66. The molecule has 0 spiro atoms. The summed E-state index contributed by atoms with van der Waals surface area (Å²) in [4.78, 5) is 8.85. The van der Waals surface area contributed by atoms with Gasteiger partial charge < -0.3 is 10.6 Å². The fourth-order valence-corrected chi connectivity index (χ4v) is 2.85. The van der Waals surface area contributed by atoms with Crippen LogP contribution in [0, 0.1) is 5.92 Å². The Bertz CT molecular complexity index is 380. The number of hydrogen-bond acceptors (Lipinski definition) is 4. The van der Waals surface area contributed by atoms with Crippen LogP contribution in [0.2, 0.25) is 0 Å². The molecule has 2 atom stereocenters. The normalized spacial score (nSPS) is 23.1. The van der Waals surface area contributed by atoms with E-state index in [-0.39, 0.29) is 0 Å². The summed E-state index contributed by atoms with van der Waals surface area (Å²) < 4.78 is 0. The van der Waals surface area contributed by atoms with E-state index in [9.17, 15) is 0 Å². The number of hydrogen-bond donors (Lipinski definition) is 2. The molecule has 2 unspecified atom stereocenters. The van der Waals surface area contributed by atoms with Gasteiger partial charge in [-0.25, -0.2) is 4.98 Å². The molecular formula is C15H26N4. The number of nitrogens with one attached hydrogen (secondary N) is 2. The van der Waals surface area contributed by atoms with Crippen molar-refractivity contribution in [3.05, 3.63) is 12.4 Å². The largest absolute Gasteiger partial charge is 0.369 e. The van der Waals surface area contributed by atoms with Gasteiger partial charge in [0.15, 0.2) is 0 Å². The SMILES string of the molecule is CCCNc1cncc(NC2CCCCC2CC)n1. The Morgan fingerprint density at radius 3 is 2.74 bits per heavy atom. The lowest BCUT2D eigenvalue weighted by Crippen LogP contribution is -2.32. The Morgan fingerprint density at radius 1 is 1.16 bits per heavy atom. The second-order valence-corrected chi connectivity index (χ2v) is 5.42. The molecule has 0 amide bonds. The van der Waals surface area contributed by atoms with Gasteiger partial charge in [-0.3, -0.25) is 4.98 Å². The summed E-state index contributed by atoms with van der Waals surface area (Å²) in [6.45, 7) is 5.38. The van der Waals surface area contributed by atoms with Crippen LogP contribution in [0.5, 0.6) is 0 Å². The molecule has 1 fully saturated rings. The standard InChI is InChI=1S/C15H26N4/c1-3-9-17-14-10-16-11-15(19-14)18-13-8-6-5-7-12(13)4-2/h10-13H,3-9H2,1-2H3,(H2,17,18,19). The van der Waals surface area contributed by atoms with Gasteiger partial charge in [0.1, 0.15) is 11.6 Å². The van der Waals surface area contributed by atoms with E-state index in [4.69, 9.17) is 0 Å². The fourth-order valence-electron chi connectivity index (χ4n) is 2.85. The van der Waals surface area contributed by atoms with Gasteiger partial charge in [-0.15, -0.1) is 0 Å². The van der Waals surface area contributed by atoms with Crippen LogP contribution in [-0.4, -0.2) is 22.6 Å². The molecule has 2 rings (SSSR count). The van der Waals surface area contributed by atoms with Crippen molar-refractivity contribution in [2.45, 2.75) is 58.4 Å². The minimum absolute atomic E-state index is 0.564. The highest BCUT2D eigenvalue weighted by molar-refractivity contribution is 5.42. The van der Waals surface area contributed by atoms with Crippen LogP contribution in [0.1, 0.15) is 52.4 Å². The zero-order chi connectivity index (χ0) is 13.5. The molecule has 1 aromatic heterocycles. The molecule has 106 valence electrons. The number of anilines is 2. The molecule has 1 aliphatic carbocycles. The smallest absolute Gasteiger partial charge is 0.147 e. The Morgan fingerprint density at radius 2 is 1.95 bits per heavy atom. The Hall–Kier alpha value is -1.32. The molecule has 0 aliphatic heterocycles. The maximum atomic E-state index is 4.59. The lowest BCUT2D eigenvalue weighted by molar-refractivity contribution is 0.317. The van der Waals surface area contributed by atoms with Crippen LogP contribution in [0.15, 0.2) is 12.4 Å². The van der Waals surface area contributed by atoms with Crippen molar-refractivity contribution >= 4 is 11.6 Å². The fraction of sp³-hybridized carbons (Fsp3) is 0.733. The number of rotatable bonds is 6. The molecule has 0 radical (unpaired) electrons. The van der Waals surface area contributed by atoms with E-state index in [2.05, 4.69) is 34.4 Å². The monoisotopic (exact) mass is 262 g/mol. The molecule has 4 nitrogen and oxygen atoms in total. The van der Waals surface area contributed by atoms with E-state index in [0.717, 1.165) is 30.5 Å². The molecule has 19 heavy (non-hydrogen) atoms. The zero-order valence-corrected chi connectivity index (χ0v) is 12.2. The lowest BCUT2D eigenvalue weighted by atomic mass is 9.83. The Balaban J connectivity index is 1.97. The predicted molar refractivity (Wildman–Crippen MR) is 80.5 cm³/mol. The van der Waals surface area contributed by atoms with Crippen LogP contribution >= 0.6 is 0 Å². The number of nitrogens with zero attached hydrogens (tertiary/aromatic N) is 2. The average Bonchev–Trinajstić information content (AvgIpc) is 2.46. The van der Waals surface area contributed by atoms with Crippen molar-refractivity contribution in [1.82, 2.24) is 9.97 Å². The molecule has 1 heterocycles. The van der Waals surface area contributed by atoms with Crippen LogP contribution in [0.4, 0.5) is 11.6 Å². The van der Waals surface area contributed by atoms with Gasteiger partial charge in [-0.05, 0) is 25.2 Å². The van der Waals surface area contributed by atoms with Gasteiger partial charge in [0.25, 0.3) is 0 Å². The van der Waals surface area contributed by atoms with E-state index < -0.39 is 0 Å². The molecular weight excluding hydrogens is 236 g/mol. The summed E-state index contributed by atoms with van der Waals surface area (Å²) in [5.41, 5.74) is 0. The Labute approximate surface area is 116 Å². The molecule has 4 heteroatoms. The second kappa shape index (κ2) is 7.31. The first-order chi connectivity index (χ1) is 9.33. The van der Waals surface area contributed by atoms with Gasteiger partial charge in [0, 0.05) is 12.6 Å². The Kier molecular flexibility index (Phi) is 5.43. The summed E-state index contributed by atoms with van der Waals surface area (Å²) in [7, 11) is 0.